The average Bonchev–Trinajstić information content (AvgIpc) is 2.25. The lowest BCUT2D eigenvalue weighted by atomic mass is 10.1. The first-order valence-electron chi connectivity index (χ1n) is 4.95. The van der Waals surface area contributed by atoms with Crippen LogP contribution in [0.1, 0.15) is 26.2 Å². The molecule has 4 heteroatoms. The molecule has 78 valence electrons. The Labute approximate surface area is 89.8 Å². The van der Waals surface area contributed by atoms with Crippen molar-refractivity contribution in [3.05, 3.63) is 12.7 Å². The zero-order chi connectivity index (χ0) is 10.2. The average molecular weight is 211 g/mol. The van der Waals surface area contributed by atoms with E-state index in [-0.39, 0.29) is 0 Å². The molecule has 1 aliphatic heterocycles. The van der Waals surface area contributed by atoms with Crippen LogP contribution >= 0.6 is 11.8 Å². The van der Waals surface area contributed by atoms with E-state index >= 15 is 0 Å². The molecule has 14 heavy (non-hydrogen) atoms. The molecule has 1 unspecified atom stereocenters. The molecule has 0 aromatic carbocycles. The van der Waals surface area contributed by atoms with Gasteiger partial charge in [0.25, 0.3) is 0 Å². The third-order valence-corrected chi connectivity index (χ3v) is 2.81. The summed E-state index contributed by atoms with van der Waals surface area (Å²) >= 11 is 1.70. The topological polar surface area (TPSA) is 36.8 Å². The van der Waals surface area contributed by atoms with E-state index in [1.165, 1.54) is 0 Å². The molecule has 0 aromatic rings. The summed E-state index contributed by atoms with van der Waals surface area (Å²) in [5, 5.41) is 4.93. The highest BCUT2D eigenvalue weighted by Crippen LogP contribution is 2.11. The van der Waals surface area contributed by atoms with Crippen molar-refractivity contribution >= 4 is 23.1 Å². The SMILES string of the molecule is C=CCCC(CC)N=C1NN=CCS1. The molecule has 0 spiro atoms. The summed E-state index contributed by atoms with van der Waals surface area (Å²) in [5.41, 5.74) is 2.92. The first-order chi connectivity index (χ1) is 6.86. The second-order valence-corrected chi connectivity index (χ2v) is 4.11. The molecule has 1 heterocycles. The maximum absolute atomic E-state index is 4.60. The van der Waals surface area contributed by atoms with Crippen LogP contribution in [-0.4, -0.2) is 23.2 Å². The van der Waals surface area contributed by atoms with Crippen LogP contribution in [0.5, 0.6) is 0 Å². The van der Waals surface area contributed by atoms with Gasteiger partial charge in [0.05, 0.1) is 6.04 Å². The highest BCUT2D eigenvalue weighted by atomic mass is 32.2. The van der Waals surface area contributed by atoms with Gasteiger partial charge in [0.15, 0.2) is 5.17 Å². The predicted molar refractivity (Wildman–Crippen MR) is 65.0 cm³/mol. The number of aliphatic imine (C=N–C) groups is 1. The van der Waals surface area contributed by atoms with Crippen LogP contribution in [-0.2, 0) is 0 Å². The van der Waals surface area contributed by atoms with Gasteiger partial charge in [-0.1, -0.05) is 24.8 Å². The zero-order valence-electron chi connectivity index (χ0n) is 8.57. The van der Waals surface area contributed by atoms with Crippen LogP contribution in [0.15, 0.2) is 22.7 Å². The molecule has 0 bridgehead atoms. The molecule has 0 saturated heterocycles. The van der Waals surface area contributed by atoms with Crippen LogP contribution in [0.3, 0.4) is 0 Å². The Balaban J connectivity index is 2.44. The third-order valence-electron chi connectivity index (χ3n) is 2.02. The highest BCUT2D eigenvalue weighted by molar-refractivity contribution is 8.14. The van der Waals surface area contributed by atoms with Gasteiger partial charge in [-0.3, -0.25) is 10.4 Å². The Kier molecular flexibility index (Phi) is 5.37. The van der Waals surface area contributed by atoms with Crippen molar-refractivity contribution in [1.29, 1.82) is 0 Å². The summed E-state index contributed by atoms with van der Waals surface area (Å²) in [4.78, 5) is 4.60. The number of thioether (sulfide) groups is 1. The fourth-order valence-electron chi connectivity index (χ4n) is 1.19. The number of rotatable bonds is 5. The quantitative estimate of drug-likeness (QED) is 0.709. The molecular weight excluding hydrogens is 194 g/mol. The minimum Gasteiger partial charge on any atom is -0.258 e. The van der Waals surface area contributed by atoms with E-state index in [9.17, 15) is 0 Å². The number of nitrogens with zero attached hydrogens (tertiary/aromatic N) is 2. The first kappa shape index (κ1) is 11.3. The molecule has 0 fully saturated rings. The largest absolute Gasteiger partial charge is 0.258 e. The van der Waals surface area contributed by atoms with E-state index in [0.717, 1.165) is 30.2 Å². The summed E-state index contributed by atoms with van der Waals surface area (Å²) in [5.74, 6) is 0.920. The van der Waals surface area contributed by atoms with Gasteiger partial charge in [0.1, 0.15) is 0 Å². The Morgan fingerprint density at radius 3 is 3.29 bits per heavy atom. The fraction of sp³-hybridized carbons (Fsp3) is 0.600. The van der Waals surface area contributed by atoms with Gasteiger partial charge in [0, 0.05) is 12.0 Å². The molecule has 1 atom stereocenters. The summed E-state index contributed by atoms with van der Waals surface area (Å²) in [6.07, 6.45) is 6.98. The molecule has 0 saturated carbocycles. The maximum Gasteiger partial charge on any atom is 0.177 e. The maximum atomic E-state index is 4.60. The van der Waals surface area contributed by atoms with Crippen molar-refractivity contribution in [2.45, 2.75) is 32.2 Å². The van der Waals surface area contributed by atoms with Crippen LogP contribution in [0, 0.1) is 0 Å². The standard InChI is InChI=1S/C10H17N3S/c1-3-5-6-9(4-2)12-10-13-11-7-8-14-10/h3,7,9H,1,4-6,8H2,2H3,(H,12,13). The van der Waals surface area contributed by atoms with E-state index < -0.39 is 0 Å². The van der Waals surface area contributed by atoms with E-state index in [1.807, 2.05) is 12.3 Å². The van der Waals surface area contributed by atoms with Crippen LogP contribution in [0.2, 0.25) is 0 Å². The van der Waals surface area contributed by atoms with Gasteiger partial charge >= 0.3 is 0 Å². The van der Waals surface area contributed by atoms with Gasteiger partial charge < -0.3 is 0 Å². The number of amidine groups is 1. The van der Waals surface area contributed by atoms with Crippen molar-refractivity contribution in [1.82, 2.24) is 5.43 Å². The van der Waals surface area contributed by atoms with Crippen molar-refractivity contribution in [2.24, 2.45) is 10.1 Å². The second kappa shape index (κ2) is 6.65. The summed E-state index contributed by atoms with van der Waals surface area (Å²) in [7, 11) is 0. The van der Waals surface area contributed by atoms with E-state index in [0.29, 0.717) is 6.04 Å². The predicted octanol–water partition coefficient (Wildman–Crippen LogP) is 2.41. The van der Waals surface area contributed by atoms with Gasteiger partial charge in [0.2, 0.25) is 0 Å². The van der Waals surface area contributed by atoms with Crippen molar-refractivity contribution in [3.8, 4) is 0 Å². The lowest BCUT2D eigenvalue weighted by molar-refractivity contribution is 0.604. The molecule has 1 N–H and O–H groups in total. The lowest BCUT2D eigenvalue weighted by Crippen LogP contribution is -2.21. The number of hydrogen-bond acceptors (Lipinski definition) is 3. The van der Waals surface area contributed by atoms with Crippen molar-refractivity contribution in [2.75, 3.05) is 5.75 Å². The molecule has 0 amide bonds. The van der Waals surface area contributed by atoms with E-state index in [2.05, 4.69) is 29.0 Å². The fourth-order valence-corrected chi connectivity index (χ4v) is 1.84. The Morgan fingerprint density at radius 2 is 2.71 bits per heavy atom. The summed E-state index contributed by atoms with van der Waals surface area (Å²) in [6, 6.07) is 0.399. The third kappa shape index (κ3) is 3.96. The second-order valence-electron chi connectivity index (χ2n) is 3.10. The molecule has 0 aliphatic carbocycles. The Hall–Kier alpha value is -0.770. The van der Waals surface area contributed by atoms with Gasteiger partial charge in [-0.2, -0.15) is 5.10 Å². The number of hydrazone groups is 1. The first-order valence-corrected chi connectivity index (χ1v) is 5.94. The molecule has 0 aromatic heterocycles. The van der Waals surface area contributed by atoms with E-state index in [4.69, 9.17) is 0 Å². The number of hydrogen-bond donors (Lipinski definition) is 1. The molecule has 0 radical (unpaired) electrons. The minimum atomic E-state index is 0.399. The Bertz CT molecular complexity index is 236. The molecular formula is C10H17N3S. The van der Waals surface area contributed by atoms with Crippen molar-refractivity contribution in [3.63, 3.8) is 0 Å². The monoisotopic (exact) mass is 211 g/mol. The number of allylic oxidation sites excluding steroid dienone is 1. The van der Waals surface area contributed by atoms with Gasteiger partial charge in [-0.15, -0.1) is 6.58 Å². The van der Waals surface area contributed by atoms with Crippen molar-refractivity contribution < 1.29 is 0 Å². The molecule has 1 rings (SSSR count). The molecule has 3 nitrogen and oxygen atoms in total. The van der Waals surface area contributed by atoms with E-state index in [1.54, 1.807) is 11.8 Å². The van der Waals surface area contributed by atoms with Gasteiger partial charge in [-0.05, 0) is 19.3 Å². The Morgan fingerprint density at radius 1 is 1.86 bits per heavy atom. The lowest BCUT2D eigenvalue weighted by Gasteiger charge is -2.13. The minimum absolute atomic E-state index is 0.399. The normalized spacial score (nSPS) is 20.5. The number of nitrogens with one attached hydrogen (secondary N) is 1. The van der Waals surface area contributed by atoms with Gasteiger partial charge in [-0.25, -0.2) is 0 Å². The smallest absolute Gasteiger partial charge is 0.177 e. The molecule has 1 aliphatic rings. The summed E-state index contributed by atoms with van der Waals surface area (Å²) in [6.45, 7) is 5.88. The summed E-state index contributed by atoms with van der Waals surface area (Å²) < 4.78 is 0. The zero-order valence-corrected chi connectivity index (χ0v) is 9.39. The van der Waals surface area contributed by atoms with Crippen LogP contribution < -0.4 is 5.43 Å². The van der Waals surface area contributed by atoms with Crippen LogP contribution in [0.25, 0.3) is 0 Å². The highest BCUT2D eigenvalue weighted by Gasteiger charge is 2.07. The van der Waals surface area contributed by atoms with Crippen LogP contribution in [0.4, 0.5) is 0 Å².